The summed E-state index contributed by atoms with van der Waals surface area (Å²) in [6.07, 6.45) is 7.40. The molecule has 1 atom stereocenters. The topological polar surface area (TPSA) is 41.3 Å². The highest BCUT2D eigenvalue weighted by Crippen LogP contribution is 2.29. The van der Waals surface area contributed by atoms with Crippen LogP contribution in [0.4, 0.5) is 5.82 Å². The second kappa shape index (κ2) is 5.61. The number of hydrogen-bond acceptors (Lipinski definition) is 4. The summed E-state index contributed by atoms with van der Waals surface area (Å²) in [7, 11) is 0. The van der Waals surface area contributed by atoms with E-state index in [1.54, 1.807) is 6.26 Å². The Morgan fingerprint density at radius 2 is 2.37 bits per heavy atom. The quantitative estimate of drug-likeness (QED) is 0.916. The molecule has 0 aromatic carbocycles. The predicted octanol–water partition coefficient (Wildman–Crippen LogP) is 2.80. The summed E-state index contributed by atoms with van der Waals surface area (Å²) >= 11 is 0. The maximum Gasteiger partial charge on any atom is 0.139 e. The van der Waals surface area contributed by atoms with Gasteiger partial charge in [-0.15, -0.1) is 0 Å². The average molecular weight is 259 g/mol. The SMILES string of the molecule is CCNCC1CCCCN1c1nccc2occc12. The molecule has 3 rings (SSSR count). The summed E-state index contributed by atoms with van der Waals surface area (Å²) in [5.41, 5.74) is 0.928. The molecule has 0 radical (unpaired) electrons. The number of rotatable bonds is 4. The second-order valence-electron chi connectivity index (χ2n) is 5.12. The zero-order valence-electron chi connectivity index (χ0n) is 11.4. The third-order valence-corrected chi connectivity index (χ3v) is 3.89. The van der Waals surface area contributed by atoms with E-state index in [2.05, 4.69) is 22.1 Å². The fourth-order valence-electron chi connectivity index (χ4n) is 2.91. The van der Waals surface area contributed by atoms with Crippen molar-refractivity contribution in [1.29, 1.82) is 0 Å². The molecule has 102 valence electrons. The number of pyridine rings is 1. The van der Waals surface area contributed by atoms with Gasteiger partial charge in [0.15, 0.2) is 0 Å². The van der Waals surface area contributed by atoms with E-state index < -0.39 is 0 Å². The molecule has 1 aliphatic rings. The summed E-state index contributed by atoms with van der Waals surface area (Å²) in [6.45, 7) is 5.30. The summed E-state index contributed by atoms with van der Waals surface area (Å²) in [5.74, 6) is 1.08. The first kappa shape index (κ1) is 12.5. The van der Waals surface area contributed by atoms with E-state index >= 15 is 0 Å². The fourth-order valence-corrected chi connectivity index (χ4v) is 2.91. The van der Waals surface area contributed by atoms with Crippen LogP contribution in [0.2, 0.25) is 0 Å². The maximum atomic E-state index is 5.48. The Balaban J connectivity index is 1.91. The molecular weight excluding hydrogens is 238 g/mol. The van der Waals surface area contributed by atoms with Crippen molar-refractivity contribution in [3.63, 3.8) is 0 Å². The van der Waals surface area contributed by atoms with Crippen molar-refractivity contribution in [2.45, 2.75) is 32.2 Å². The van der Waals surface area contributed by atoms with Crippen molar-refractivity contribution in [3.8, 4) is 0 Å². The van der Waals surface area contributed by atoms with E-state index in [9.17, 15) is 0 Å². The van der Waals surface area contributed by atoms with Crippen molar-refractivity contribution < 1.29 is 4.42 Å². The van der Waals surface area contributed by atoms with E-state index in [-0.39, 0.29) is 0 Å². The van der Waals surface area contributed by atoms with E-state index in [1.165, 1.54) is 19.3 Å². The molecule has 4 nitrogen and oxygen atoms in total. The van der Waals surface area contributed by atoms with E-state index in [0.717, 1.165) is 36.4 Å². The minimum Gasteiger partial charge on any atom is -0.464 e. The Morgan fingerprint density at radius 3 is 3.26 bits per heavy atom. The van der Waals surface area contributed by atoms with Crippen molar-refractivity contribution in [2.24, 2.45) is 0 Å². The van der Waals surface area contributed by atoms with E-state index in [1.807, 2.05) is 18.3 Å². The molecule has 2 aromatic heterocycles. The van der Waals surface area contributed by atoms with E-state index in [0.29, 0.717) is 6.04 Å². The molecule has 0 amide bonds. The number of likely N-dealkylation sites (N-methyl/N-ethyl adjacent to an activating group) is 1. The molecule has 0 spiro atoms. The molecule has 1 N–H and O–H groups in total. The zero-order valence-corrected chi connectivity index (χ0v) is 11.4. The molecule has 2 aromatic rings. The van der Waals surface area contributed by atoms with Gasteiger partial charge in [-0.2, -0.15) is 0 Å². The van der Waals surface area contributed by atoms with Gasteiger partial charge in [0, 0.05) is 25.3 Å². The molecule has 1 saturated heterocycles. The largest absolute Gasteiger partial charge is 0.464 e. The molecule has 1 unspecified atom stereocenters. The lowest BCUT2D eigenvalue weighted by Gasteiger charge is -2.37. The molecule has 1 fully saturated rings. The Kier molecular flexibility index (Phi) is 3.69. The Morgan fingerprint density at radius 1 is 1.42 bits per heavy atom. The zero-order chi connectivity index (χ0) is 13.1. The minimum atomic E-state index is 0.543. The number of fused-ring (bicyclic) bond motifs is 1. The lowest BCUT2D eigenvalue weighted by molar-refractivity contribution is 0.437. The highest BCUT2D eigenvalue weighted by atomic mass is 16.3. The molecule has 3 heterocycles. The molecule has 0 saturated carbocycles. The van der Waals surface area contributed by atoms with Gasteiger partial charge < -0.3 is 14.6 Å². The number of piperidine rings is 1. The Hall–Kier alpha value is -1.55. The van der Waals surface area contributed by atoms with Gasteiger partial charge in [-0.1, -0.05) is 6.92 Å². The Bertz CT molecular complexity index is 537. The van der Waals surface area contributed by atoms with Gasteiger partial charge in [0.05, 0.1) is 11.6 Å². The van der Waals surface area contributed by atoms with Crippen LogP contribution in [0.25, 0.3) is 11.0 Å². The van der Waals surface area contributed by atoms with Gasteiger partial charge in [0.25, 0.3) is 0 Å². The first-order valence-corrected chi connectivity index (χ1v) is 7.19. The van der Waals surface area contributed by atoms with Crippen LogP contribution >= 0.6 is 0 Å². The monoisotopic (exact) mass is 259 g/mol. The highest BCUT2D eigenvalue weighted by Gasteiger charge is 2.24. The molecule has 19 heavy (non-hydrogen) atoms. The molecule has 0 aliphatic carbocycles. The van der Waals surface area contributed by atoms with Crippen molar-refractivity contribution >= 4 is 16.8 Å². The predicted molar refractivity (Wildman–Crippen MR) is 77.5 cm³/mol. The summed E-state index contributed by atoms with van der Waals surface area (Å²) < 4.78 is 5.48. The van der Waals surface area contributed by atoms with Crippen LogP contribution in [0, 0.1) is 0 Å². The molecule has 4 heteroatoms. The standard InChI is InChI=1S/C15H21N3O/c1-2-16-11-12-5-3-4-9-18(12)15-13-7-10-19-14(13)6-8-17-15/h6-8,10,12,16H,2-5,9,11H2,1H3. The average Bonchev–Trinajstić information content (AvgIpc) is 2.94. The minimum absolute atomic E-state index is 0.543. The summed E-state index contributed by atoms with van der Waals surface area (Å²) in [4.78, 5) is 7.05. The number of aromatic nitrogens is 1. The van der Waals surface area contributed by atoms with Gasteiger partial charge in [-0.25, -0.2) is 4.98 Å². The number of furan rings is 1. The molecule has 1 aliphatic heterocycles. The smallest absolute Gasteiger partial charge is 0.139 e. The lowest BCUT2D eigenvalue weighted by Crippen LogP contribution is -2.46. The lowest BCUT2D eigenvalue weighted by atomic mass is 10.0. The van der Waals surface area contributed by atoms with Gasteiger partial charge in [0.1, 0.15) is 11.4 Å². The van der Waals surface area contributed by atoms with Gasteiger partial charge in [0.2, 0.25) is 0 Å². The normalized spacial score (nSPS) is 20.1. The van der Waals surface area contributed by atoms with Crippen LogP contribution < -0.4 is 10.2 Å². The first-order chi connectivity index (χ1) is 9.40. The van der Waals surface area contributed by atoms with Gasteiger partial charge in [-0.05, 0) is 37.9 Å². The number of nitrogens with zero attached hydrogens (tertiary/aromatic N) is 2. The highest BCUT2D eigenvalue weighted by molar-refractivity contribution is 5.88. The van der Waals surface area contributed by atoms with Crippen molar-refractivity contribution in [3.05, 3.63) is 24.6 Å². The summed E-state index contributed by atoms with van der Waals surface area (Å²) in [6, 6.07) is 4.50. The van der Waals surface area contributed by atoms with Crippen molar-refractivity contribution in [1.82, 2.24) is 10.3 Å². The van der Waals surface area contributed by atoms with Crippen LogP contribution in [0.3, 0.4) is 0 Å². The van der Waals surface area contributed by atoms with Crippen molar-refractivity contribution in [2.75, 3.05) is 24.5 Å². The first-order valence-electron chi connectivity index (χ1n) is 7.19. The maximum absolute atomic E-state index is 5.48. The van der Waals surface area contributed by atoms with Gasteiger partial charge >= 0.3 is 0 Å². The Labute approximate surface area is 113 Å². The van der Waals surface area contributed by atoms with Crippen LogP contribution in [-0.4, -0.2) is 30.7 Å². The summed E-state index contributed by atoms with van der Waals surface area (Å²) in [5, 5.41) is 4.60. The van der Waals surface area contributed by atoms with Crippen LogP contribution in [0.1, 0.15) is 26.2 Å². The number of hydrogen-bond donors (Lipinski definition) is 1. The van der Waals surface area contributed by atoms with Crippen LogP contribution in [0.15, 0.2) is 29.0 Å². The fraction of sp³-hybridized carbons (Fsp3) is 0.533. The second-order valence-corrected chi connectivity index (χ2v) is 5.12. The molecule has 0 bridgehead atoms. The number of anilines is 1. The third-order valence-electron chi connectivity index (χ3n) is 3.89. The molecular formula is C15H21N3O. The van der Waals surface area contributed by atoms with Gasteiger partial charge in [-0.3, -0.25) is 0 Å². The third kappa shape index (κ3) is 2.45. The van der Waals surface area contributed by atoms with Crippen LogP contribution in [0.5, 0.6) is 0 Å². The van der Waals surface area contributed by atoms with E-state index in [4.69, 9.17) is 4.42 Å². The van der Waals surface area contributed by atoms with Crippen LogP contribution in [-0.2, 0) is 0 Å². The number of nitrogens with one attached hydrogen (secondary N) is 1.